The number of benzene rings is 1. The van der Waals surface area contributed by atoms with Crippen molar-refractivity contribution in [1.82, 2.24) is 5.43 Å². The molecule has 0 saturated heterocycles. The Morgan fingerprint density at radius 2 is 2.11 bits per heavy atom. The lowest BCUT2D eigenvalue weighted by atomic mass is 9.95. The van der Waals surface area contributed by atoms with Crippen molar-refractivity contribution in [2.45, 2.75) is 45.1 Å². The van der Waals surface area contributed by atoms with Gasteiger partial charge in [0.2, 0.25) is 0 Å². The fraction of sp³-hybridized carbons (Fsp3) is 0.467. The minimum Gasteiger partial charge on any atom is -0.271 e. The topological polar surface area (TPSA) is 38.0 Å². The Bertz CT molecular complexity index is 440. The van der Waals surface area contributed by atoms with E-state index < -0.39 is 0 Å². The van der Waals surface area contributed by atoms with E-state index in [-0.39, 0.29) is 6.04 Å². The van der Waals surface area contributed by atoms with E-state index >= 15 is 0 Å². The molecule has 18 heavy (non-hydrogen) atoms. The van der Waals surface area contributed by atoms with E-state index in [1.807, 2.05) is 0 Å². The molecule has 0 aliphatic heterocycles. The molecule has 0 radical (unpaired) electrons. The van der Waals surface area contributed by atoms with Gasteiger partial charge in [-0.2, -0.15) is 0 Å². The van der Waals surface area contributed by atoms with Crippen LogP contribution in [0.2, 0.25) is 0 Å². The molecule has 1 aliphatic carbocycles. The summed E-state index contributed by atoms with van der Waals surface area (Å²) >= 11 is 3.59. The first-order valence-corrected chi connectivity index (χ1v) is 7.43. The molecular formula is C15H21BrN2. The lowest BCUT2D eigenvalue weighted by molar-refractivity contribution is 0.592. The summed E-state index contributed by atoms with van der Waals surface area (Å²) in [6, 6.07) is 6.63. The van der Waals surface area contributed by atoms with Crippen LogP contribution in [0, 0.1) is 6.92 Å². The zero-order valence-corrected chi connectivity index (χ0v) is 12.5. The quantitative estimate of drug-likeness (QED) is 0.500. The molecule has 98 valence electrons. The molecule has 1 unspecified atom stereocenters. The number of nitrogens with one attached hydrogen (secondary N) is 1. The van der Waals surface area contributed by atoms with Crippen LogP contribution in [0.25, 0.3) is 0 Å². The van der Waals surface area contributed by atoms with Crippen molar-refractivity contribution >= 4 is 15.9 Å². The molecule has 0 spiro atoms. The SMILES string of the molecule is Cc1ccc(C(NN)C2=CCCCCC2)cc1Br. The summed E-state index contributed by atoms with van der Waals surface area (Å²) < 4.78 is 1.15. The van der Waals surface area contributed by atoms with Gasteiger partial charge < -0.3 is 0 Å². The molecular weight excluding hydrogens is 288 g/mol. The molecule has 0 aromatic heterocycles. The van der Waals surface area contributed by atoms with Crippen molar-refractivity contribution in [1.29, 1.82) is 0 Å². The van der Waals surface area contributed by atoms with E-state index in [1.165, 1.54) is 42.4 Å². The Morgan fingerprint density at radius 1 is 1.28 bits per heavy atom. The van der Waals surface area contributed by atoms with Gasteiger partial charge in [-0.25, -0.2) is 5.43 Å². The Hall–Kier alpha value is -0.640. The fourth-order valence-electron chi connectivity index (χ4n) is 2.51. The predicted octanol–water partition coefficient (Wildman–Crippen LogP) is 4.15. The molecule has 3 heteroatoms. The summed E-state index contributed by atoms with van der Waals surface area (Å²) in [7, 11) is 0. The molecule has 0 bridgehead atoms. The summed E-state index contributed by atoms with van der Waals surface area (Å²) in [4.78, 5) is 0. The van der Waals surface area contributed by atoms with E-state index in [2.05, 4.69) is 52.6 Å². The second-order valence-electron chi connectivity index (χ2n) is 4.99. The second kappa shape index (κ2) is 6.50. The monoisotopic (exact) mass is 308 g/mol. The number of nitrogens with two attached hydrogens (primary N) is 1. The maximum atomic E-state index is 5.77. The first-order valence-electron chi connectivity index (χ1n) is 6.63. The maximum absolute atomic E-state index is 5.77. The van der Waals surface area contributed by atoms with Gasteiger partial charge in [0.05, 0.1) is 6.04 Å². The Morgan fingerprint density at radius 3 is 2.83 bits per heavy atom. The Kier molecular flexibility index (Phi) is 4.98. The van der Waals surface area contributed by atoms with Gasteiger partial charge in [0.1, 0.15) is 0 Å². The van der Waals surface area contributed by atoms with Gasteiger partial charge in [-0.05, 0) is 49.8 Å². The molecule has 0 saturated carbocycles. The van der Waals surface area contributed by atoms with Crippen molar-refractivity contribution in [2.24, 2.45) is 5.84 Å². The number of allylic oxidation sites excluding steroid dienone is 1. The van der Waals surface area contributed by atoms with Crippen molar-refractivity contribution in [3.63, 3.8) is 0 Å². The normalized spacial score (nSPS) is 18.1. The Balaban J connectivity index is 2.26. The zero-order valence-electron chi connectivity index (χ0n) is 10.9. The average molecular weight is 309 g/mol. The number of aryl methyl sites for hydroxylation is 1. The van der Waals surface area contributed by atoms with Crippen LogP contribution in [-0.2, 0) is 0 Å². The fourth-order valence-corrected chi connectivity index (χ4v) is 2.90. The first-order chi connectivity index (χ1) is 8.72. The molecule has 0 fully saturated rings. The third-order valence-electron chi connectivity index (χ3n) is 3.64. The summed E-state index contributed by atoms with van der Waals surface area (Å²) in [5.41, 5.74) is 6.90. The van der Waals surface area contributed by atoms with E-state index in [4.69, 9.17) is 5.84 Å². The molecule has 3 N–H and O–H groups in total. The molecule has 1 aromatic carbocycles. The minimum absolute atomic E-state index is 0.153. The standard InChI is InChI=1S/C15H21BrN2/c1-11-8-9-13(10-14(11)16)15(18-17)12-6-4-2-3-5-7-12/h6,8-10,15,18H,2-5,7,17H2,1H3. The van der Waals surface area contributed by atoms with Gasteiger partial charge in [0.25, 0.3) is 0 Å². The van der Waals surface area contributed by atoms with Crippen LogP contribution in [0.1, 0.15) is 49.3 Å². The lowest BCUT2D eigenvalue weighted by Crippen LogP contribution is -2.29. The lowest BCUT2D eigenvalue weighted by Gasteiger charge is -2.20. The minimum atomic E-state index is 0.153. The van der Waals surface area contributed by atoms with E-state index in [9.17, 15) is 0 Å². The molecule has 0 amide bonds. The smallest absolute Gasteiger partial charge is 0.0670 e. The molecule has 1 aliphatic rings. The van der Waals surface area contributed by atoms with Crippen molar-refractivity contribution in [2.75, 3.05) is 0 Å². The first kappa shape index (κ1) is 13.8. The number of hydrazine groups is 1. The largest absolute Gasteiger partial charge is 0.271 e. The predicted molar refractivity (Wildman–Crippen MR) is 80.1 cm³/mol. The highest BCUT2D eigenvalue weighted by molar-refractivity contribution is 9.10. The highest BCUT2D eigenvalue weighted by Gasteiger charge is 2.16. The summed E-state index contributed by atoms with van der Waals surface area (Å²) in [5.74, 6) is 5.77. The van der Waals surface area contributed by atoms with Crippen molar-refractivity contribution in [3.05, 3.63) is 45.4 Å². The van der Waals surface area contributed by atoms with Gasteiger partial charge >= 0.3 is 0 Å². The van der Waals surface area contributed by atoms with Gasteiger partial charge in [0.15, 0.2) is 0 Å². The van der Waals surface area contributed by atoms with Gasteiger partial charge in [-0.1, -0.05) is 46.1 Å². The molecule has 1 aromatic rings. The third kappa shape index (κ3) is 3.22. The van der Waals surface area contributed by atoms with Crippen LogP contribution < -0.4 is 11.3 Å². The maximum Gasteiger partial charge on any atom is 0.0670 e. The van der Waals surface area contributed by atoms with E-state index in [1.54, 1.807) is 0 Å². The molecule has 2 rings (SSSR count). The average Bonchev–Trinajstić information content (AvgIpc) is 2.64. The van der Waals surface area contributed by atoms with Crippen LogP contribution in [0.3, 0.4) is 0 Å². The molecule has 2 nitrogen and oxygen atoms in total. The van der Waals surface area contributed by atoms with Gasteiger partial charge in [-0.15, -0.1) is 0 Å². The molecule has 1 atom stereocenters. The summed E-state index contributed by atoms with van der Waals surface area (Å²) in [5, 5.41) is 0. The van der Waals surface area contributed by atoms with Crippen LogP contribution in [0.15, 0.2) is 34.3 Å². The van der Waals surface area contributed by atoms with E-state index in [0.717, 1.165) is 10.9 Å². The van der Waals surface area contributed by atoms with Gasteiger partial charge in [0, 0.05) is 4.47 Å². The van der Waals surface area contributed by atoms with Crippen LogP contribution in [0.5, 0.6) is 0 Å². The van der Waals surface area contributed by atoms with Crippen molar-refractivity contribution < 1.29 is 0 Å². The van der Waals surface area contributed by atoms with Gasteiger partial charge in [-0.3, -0.25) is 5.84 Å². The number of hydrogen-bond donors (Lipinski definition) is 2. The Labute approximate surface area is 118 Å². The van der Waals surface area contributed by atoms with E-state index in [0.29, 0.717) is 0 Å². The van der Waals surface area contributed by atoms with Crippen molar-refractivity contribution in [3.8, 4) is 0 Å². The number of rotatable bonds is 3. The van der Waals surface area contributed by atoms with Crippen LogP contribution in [0.4, 0.5) is 0 Å². The third-order valence-corrected chi connectivity index (χ3v) is 4.50. The zero-order chi connectivity index (χ0) is 13.0. The highest BCUT2D eigenvalue weighted by atomic mass is 79.9. The summed E-state index contributed by atoms with van der Waals surface area (Å²) in [6.45, 7) is 2.10. The highest BCUT2D eigenvalue weighted by Crippen LogP contribution is 2.30. The summed E-state index contributed by atoms with van der Waals surface area (Å²) in [6.07, 6.45) is 8.61. The second-order valence-corrected chi connectivity index (χ2v) is 5.84. The number of hydrogen-bond acceptors (Lipinski definition) is 2. The molecule has 0 heterocycles. The van der Waals surface area contributed by atoms with Crippen LogP contribution in [-0.4, -0.2) is 0 Å². The van der Waals surface area contributed by atoms with Crippen LogP contribution >= 0.6 is 15.9 Å². The number of halogens is 1.